The zero-order valence-corrected chi connectivity index (χ0v) is 26.2. The predicted molar refractivity (Wildman–Crippen MR) is 176 cm³/mol. The number of fused-ring (bicyclic) bond motifs is 2. The monoisotopic (exact) mass is 619 g/mol. The Morgan fingerprint density at radius 2 is 1.72 bits per heavy atom. The van der Waals surface area contributed by atoms with Crippen LogP contribution in [-0.2, 0) is 18.9 Å². The van der Waals surface area contributed by atoms with Crippen molar-refractivity contribution in [2.45, 2.75) is 56.4 Å². The summed E-state index contributed by atoms with van der Waals surface area (Å²) in [5, 5.41) is 17.3. The predicted octanol–water partition coefficient (Wildman–Crippen LogP) is 6.39. The number of aromatic carboxylic acids is 1. The van der Waals surface area contributed by atoms with Gasteiger partial charge in [0.15, 0.2) is 0 Å². The van der Waals surface area contributed by atoms with Gasteiger partial charge in [0.2, 0.25) is 11.8 Å². The Kier molecular flexibility index (Phi) is 7.30. The van der Waals surface area contributed by atoms with E-state index >= 15 is 0 Å². The zero-order valence-electron chi connectivity index (χ0n) is 26.2. The van der Waals surface area contributed by atoms with E-state index in [4.69, 9.17) is 9.72 Å². The molecule has 0 bridgehead atoms. The number of amides is 2. The van der Waals surface area contributed by atoms with E-state index in [0.29, 0.717) is 41.3 Å². The lowest BCUT2D eigenvalue weighted by molar-refractivity contribution is -0.125. The van der Waals surface area contributed by atoms with Crippen LogP contribution >= 0.6 is 0 Å². The quantitative estimate of drug-likeness (QED) is 0.185. The lowest BCUT2D eigenvalue weighted by atomic mass is 9.75. The molecule has 0 spiro atoms. The second kappa shape index (κ2) is 11.3. The number of nitrogens with zero attached hydrogens (tertiary/aromatic N) is 3. The van der Waals surface area contributed by atoms with Crippen LogP contribution in [0.1, 0.15) is 77.3 Å². The van der Waals surface area contributed by atoms with Crippen LogP contribution in [0.3, 0.4) is 0 Å². The number of carboxylic acid groups (broad SMARTS) is 1. The van der Waals surface area contributed by atoms with Gasteiger partial charge in [-0.3, -0.25) is 9.59 Å². The number of aryl methyl sites for hydroxylation is 2. The molecule has 0 saturated heterocycles. The fourth-order valence-corrected chi connectivity index (χ4v) is 7.32. The van der Waals surface area contributed by atoms with Crippen LogP contribution in [0, 0.1) is 0 Å². The molecule has 2 saturated carbocycles. The van der Waals surface area contributed by atoms with Crippen molar-refractivity contribution in [3.05, 3.63) is 77.5 Å². The molecule has 2 aliphatic carbocycles. The van der Waals surface area contributed by atoms with Gasteiger partial charge in [0, 0.05) is 53.2 Å². The van der Waals surface area contributed by atoms with E-state index in [9.17, 15) is 19.5 Å². The number of hydrogen-bond acceptors (Lipinski definition) is 5. The second-order valence-corrected chi connectivity index (χ2v) is 12.6. The van der Waals surface area contributed by atoms with Crippen molar-refractivity contribution in [1.82, 2.24) is 19.4 Å². The summed E-state index contributed by atoms with van der Waals surface area (Å²) in [6.45, 7) is 0. The van der Waals surface area contributed by atoms with Gasteiger partial charge in [-0.1, -0.05) is 25.0 Å². The minimum atomic E-state index is -1.03. The van der Waals surface area contributed by atoms with Gasteiger partial charge in [-0.25, -0.2) is 9.78 Å². The lowest BCUT2D eigenvalue weighted by Crippen LogP contribution is -2.61. The fraction of sp³-hybridized carbons (Fsp3) is 0.333. The number of rotatable bonds is 8. The number of benzene rings is 2. The number of pyridine rings is 1. The molecule has 46 heavy (non-hydrogen) atoms. The van der Waals surface area contributed by atoms with Crippen molar-refractivity contribution >= 4 is 45.3 Å². The molecule has 7 rings (SSSR count). The van der Waals surface area contributed by atoms with E-state index in [1.165, 1.54) is 18.4 Å². The van der Waals surface area contributed by atoms with Crippen LogP contribution in [-0.4, -0.2) is 49.7 Å². The van der Waals surface area contributed by atoms with Crippen LogP contribution < -0.4 is 15.4 Å². The highest BCUT2D eigenvalue weighted by Gasteiger charge is 2.45. The van der Waals surface area contributed by atoms with Gasteiger partial charge >= 0.3 is 5.97 Å². The number of carbonyl (C=O) groups is 3. The first-order chi connectivity index (χ1) is 22.2. The van der Waals surface area contributed by atoms with Crippen LogP contribution in [0.5, 0.6) is 5.88 Å². The third kappa shape index (κ3) is 4.88. The van der Waals surface area contributed by atoms with Crippen LogP contribution in [0.4, 0.5) is 5.69 Å². The van der Waals surface area contributed by atoms with Gasteiger partial charge in [-0.2, -0.15) is 0 Å². The van der Waals surface area contributed by atoms with Crippen molar-refractivity contribution in [3.63, 3.8) is 0 Å². The van der Waals surface area contributed by atoms with Crippen molar-refractivity contribution in [2.75, 3.05) is 12.4 Å². The van der Waals surface area contributed by atoms with E-state index in [-0.39, 0.29) is 17.5 Å². The summed E-state index contributed by atoms with van der Waals surface area (Å²) in [7, 11) is 5.33. The Labute approximate surface area is 266 Å². The van der Waals surface area contributed by atoms with Crippen molar-refractivity contribution in [1.29, 1.82) is 0 Å². The van der Waals surface area contributed by atoms with E-state index < -0.39 is 11.5 Å². The van der Waals surface area contributed by atoms with Gasteiger partial charge in [-0.05, 0) is 86.1 Å². The highest BCUT2D eigenvalue weighted by molar-refractivity contribution is 6.07. The molecule has 10 heteroatoms. The van der Waals surface area contributed by atoms with Gasteiger partial charge in [-0.15, -0.1) is 0 Å². The third-order valence-corrected chi connectivity index (χ3v) is 9.95. The summed E-state index contributed by atoms with van der Waals surface area (Å²) >= 11 is 0. The first-order valence-corrected chi connectivity index (χ1v) is 15.8. The molecule has 0 atom stereocenters. The number of methoxy groups -OCH3 is 1. The van der Waals surface area contributed by atoms with E-state index in [0.717, 1.165) is 47.1 Å². The Hall–Kier alpha value is -5.12. The Bertz CT molecular complexity index is 2030. The Morgan fingerprint density at radius 3 is 2.41 bits per heavy atom. The summed E-state index contributed by atoms with van der Waals surface area (Å²) in [5.41, 5.74) is 5.01. The molecular formula is C36H37N5O5. The van der Waals surface area contributed by atoms with Crippen molar-refractivity contribution in [2.24, 2.45) is 14.1 Å². The zero-order chi connectivity index (χ0) is 32.2. The molecule has 2 aromatic carbocycles. The SMILES string of the molecule is COc1cccc(-c2c(C3CCCC3)c3ccc(C(=O)NC4(C(=O)Nc5ccc6c(c5)cc(C(=O)O)n6C)CCC4)cc3n2C)n1. The molecule has 2 amide bonds. The van der Waals surface area contributed by atoms with Gasteiger partial charge in [0.05, 0.1) is 18.5 Å². The molecule has 3 N–H and O–H groups in total. The largest absolute Gasteiger partial charge is 0.481 e. The Balaban J connectivity index is 1.18. The number of carboxylic acids is 1. The molecule has 236 valence electrons. The molecule has 3 aromatic heterocycles. The molecule has 5 aromatic rings. The topological polar surface area (TPSA) is 127 Å². The van der Waals surface area contributed by atoms with Gasteiger partial charge in [0.25, 0.3) is 5.91 Å². The number of aromatic nitrogens is 3. The second-order valence-electron chi connectivity index (χ2n) is 12.6. The summed E-state index contributed by atoms with van der Waals surface area (Å²) in [6, 6.07) is 18.5. The maximum absolute atomic E-state index is 13.8. The van der Waals surface area contributed by atoms with Crippen molar-refractivity contribution in [3.8, 4) is 17.3 Å². The standard InChI is InChI=1S/C36H37N5O5/c1-40-27-15-13-24(18-23(27)20-29(40)34(43)44)37-35(45)36(16-7-17-36)39-33(42)22-12-14-25-28(19-22)41(2)32(31(25)21-8-4-5-9-21)26-10-6-11-30(38-26)46-3/h6,10-15,18-21H,4-5,7-9,16-17H2,1-3H3,(H,37,45)(H,39,42)(H,43,44). The maximum atomic E-state index is 13.8. The lowest BCUT2D eigenvalue weighted by Gasteiger charge is -2.40. The average Bonchev–Trinajstić information content (AvgIpc) is 3.75. The van der Waals surface area contributed by atoms with Crippen LogP contribution in [0.2, 0.25) is 0 Å². The van der Waals surface area contributed by atoms with E-state index in [1.54, 1.807) is 43.0 Å². The number of ether oxygens (including phenoxy) is 1. The average molecular weight is 620 g/mol. The molecule has 0 aliphatic heterocycles. The smallest absolute Gasteiger partial charge is 0.352 e. The number of hydrogen-bond donors (Lipinski definition) is 3. The highest BCUT2D eigenvalue weighted by atomic mass is 16.5. The molecule has 10 nitrogen and oxygen atoms in total. The first-order valence-electron chi connectivity index (χ1n) is 15.8. The minimum Gasteiger partial charge on any atom is -0.481 e. The Morgan fingerprint density at radius 1 is 0.935 bits per heavy atom. The normalized spacial score (nSPS) is 16.0. The minimum absolute atomic E-state index is 0.165. The molecule has 2 aliphatic rings. The maximum Gasteiger partial charge on any atom is 0.352 e. The summed E-state index contributed by atoms with van der Waals surface area (Å²) < 4.78 is 9.16. The van der Waals surface area contributed by atoms with E-state index in [1.807, 2.05) is 43.4 Å². The van der Waals surface area contributed by atoms with Gasteiger partial charge in [0.1, 0.15) is 11.2 Å². The first kappa shape index (κ1) is 29.6. The molecule has 2 fully saturated rings. The van der Waals surface area contributed by atoms with Gasteiger partial charge < -0.3 is 29.6 Å². The molecule has 3 heterocycles. The summed E-state index contributed by atoms with van der Waals surface area (Å²) in [4.78, 5) is 43.7. The molecular weight excluding hydrogens is 582 g/mol. The fourth-order valence-electron chi connectivity index (χ4n) is 7.32. The third-order valence-electron chi connectivity index (χ3n) is 9.95. The van der Waals surface area contributed by atoms with Crippen LogP contribution in [0.15, 0.2) is 60.7 Å². The number of carbonyl (C=O) groups excluding carboxylic acids is 2. The summed E-state index contributed by atoms with van der Waals surface area (Å²) in [5.74, 6) is -0.629. The molecule has 0 unspecified atom stereocenters. The van der Waals surface area contributed by atoms with E-state index in [2.05, 4.69) is 15.2 Å². The highest BCUT2D eigenvalue weighted by Crippen LogP contribution is 2.44. The van der Waals surface area contributed by atoms with Crippen molar-refractivity contribution < 1.29 is 24.2 Å². The number of anilines is 1. The summed E-state index contributed by atoms with van der Waals surface area (Å²) in [6.07, 6.45) is 6.52. The van der Waals surface area contributed by atoms with Crippen LogP contribution in [0.25, 0.3) is 33.2 Å². The number of nitrogens with one attached hydrogen (secondary N) is 2. The molecule has 0 radical (unpaired) electrons.